The molecule has 0 atom stereocenters. The molecule has 5 heteroatoms. The molecule has 3 aliphatic carbocycles. The Morgan fingerprint density at radius 2 is 1.16 bits per heavy atom. The van der Waals surface area contributed by atoms with E-state index in [0.717, 1.165) is 22.9 Å². The molecule has 0 saturated heterocycles. The van der Waals surface area contributed by atoms with E-state index in [1.54, 1.807) is 0 Å². The van der Waals surface area contributed by atoms with Crippen molar-refractivity contribution in [1.82, 2.24) is 0 Å². The molecule has 0 aliphatic heterocycles. The summed E-state index contributed by atoms with van der Waals surface area (Å²) in [4.78, 5) is 0. The van der Waals surface area contributed by atoms with Gasteiger partial charge in [-0.3, -0.25) is 0 Å². The van der Waals surface area contributed by atoms with Gasteiger partial charge in [0.2, 0.25) is 0 Å². The first-order chi connectivity index (χ1) is 25.4. The molecule has 3 aliphatic rings. The number of allylic oxidation sites excluding steroid dienone is 4. The number of benzene rings is 4. The standard InChI is InChI=1S/C27H29.C10H15.2C7H5Cl.2ClH.Zr/c1-16-7-9-26(3,4)24-12-18-11-19-13-25-21(17(2)8-10-27(25,5)6)15-23(19)22(18)14-20(16)24;1-8-5-6-9(7-8)10(2,3)4;2*1-6-2-4-7(8)5-3-6;;;/h7-9,12-15H,10-11H2,1-6H3;5-7H,1-4H3;2*1-5H;2*1H;/q2*-1;;;;;. The molecule has 56 heavy (non-hydrogen) atoms. The quantitative estimate of drug-likeness (QED) is 0.152. The molecule has 0 fully saturated rings. The first-order valence-corrected chi connectivity index (χ1v) is 22.7. The second kappa shape index (κ2) is 18.5. The molecule has 0 nitrogen and oxygen atoms in total. The van der Waals surface area contributed by atoms with Gasteiger partial charge in [-0.25, -0.2) is 18.6 Å². The Hall–Kier alpha value is -2.64. The van der Waals surface area contributed by atoms with Gasteiger partial charge in [0.25, 0.3) is 0 Å². The molecule has 0 unspecified atom stereocenters. The third-order valence-electron chi connectivity index (χ3n) is 11.1. The van der Waals surface area contributed by atoms with E-state index in [4.69, 9.17) is 23.2 Å². The molecule has 5 aromatic rings. The first-order valence-electron chi connectivity index (χ1n) is 19.1. The van der Waals surface area contributed by atoms with Gasteiger partial charge < -0.3 is 0 Å². The minimum absolute atomic E-state index is 0. The molecule has 0 amide bonds. The normalized spacial score (nSPS) is 14.9. The molecule has 5 aromatic carbocycles. The van der Waals surface area contributed by atoms with E-state index < -0.39 is 22.3 Å². The van der Waals surface area contributed by atoms with Crippen LogP contribution in [0.3, 0.4) is 0 Å². The molecular weight excluding hydrogens is 846 g/mol. The van der Waals surface area contributed by atoms with Gasteiger partial charge in [-0.15, -0.1) is 37.3 Å². The van der Waals surface area contributed by atoms with Crippen molar-refractivity contribution < 1.29 is 22.3 Å². The van der Waals surface area contributed by atoms with Crippen LogP contribution < -0.4 is 0 Å². The van der Waals surface area contributed by atoms with E-state index in [2.05, 4.69) is 162 Å². The summed E-state index contributed by atoms with van der Waals surface area (Å²) in [7, 11) is 0. The van der Waals surface area contributed by atoms with Crippen molar-refractivity contribution in [1.29, 1.82) is 0 Å². The van der Waals surface area contributed by atoms with Crippen LogP contribution in [0, 0.1) is 13.3 Å². The monoisotopic (exact) mass is 898 g/mol. The Labute approximate surface area is 370 Å². The van der Waals surface area contributed by atoms with Gasteiger partial charge in [-0.05, 0) is 70.2 Å². The summed E-state index contributed by atoms with van der Waals surface area (Å²) in [6.45, 7) is 22.8. The van der Waals surface area contributed by atoms with Crippen molar-refractivity contribution in [3.63, 3.8) is 0 Å². The van der Waals surface area contributed by atoms with Crippen LogP contribution in [0.15, 0.2) is 103 Å². The number of rotatable bonds is 2. The molecule has 0 N–H and O–H groups in total. The number of halogens is 4. The van der Waals surface area contributed by atoms with Gasteiger partial charge in [0.1, 0.15) is 0 Å². The summed E-state index contributed by atoms with van der Waals surface area (Å²) in [5.41, 5.74) is 20.6. The zero-order valence-electron chi connectivity index (χ0n) is 34.5. The minimum atomic E-state index is -0.623. The van der Waals surface area contributed by atoms with E-state index >= 15 is 0 Å². The van der Waals surface area contributed by atoms with Crippen molar-refractivity contribution in [3.05, 3.63) is 175 Å². The predicted molar refractivity (Wildman–Crippen MR) is 250 cm³/mol. The molecule has 0 aromatic heterocycles. The van der Waals surface area contributed by atoms with Crippen LogP contribution >= 0.6 is 48.0 Å². The Morgan fingerprint density at radius 1 is 0.661 bits per heavy atom. The fourth-order valence-corrected chi connectivity index (χ4v) is 9.91. The number of hydrogen-bond acceptors (Lipinski definition) is 0. The van der Waals surface area contributed by atoms with Crippen molar-refractivity contribution in [3.8, 4) is 11.1 Å². The Bertz CT molecular complexity index is 2160. The molecule has 0 spiro atoms. The average Bonchev–Trinajstić information content (AvgIpc) is 3.73. The van der Waals surface area contributed by atoms with E-state index in [9.17, 15) is 0 Å². The first kappa shape index (κ1) is 46.1. The van der Waals surface area contributed by atoms with E-state index in [-0.39, 0.29) is 35.6 Å². The van der Waals surface area contributed by atoms with E-state index in [1.807, 2.05) is 24.3 Å². The van der Waals surface area contributed by atoms with Crippen LogP contribution in [0.25, 0.3) is 22.3 Å². The zero-order chi connectivity index (χ0) is 39.0. The number of hydrogen-bond donors (Lipinski definition) is 0. The van der Waals surface area contributed by atoms with Gasteiger partial charge >= 0.3 is 123 Å². The molecule has 0 saturated carbocycles. The summed E-state index contributed by atoms with van der Waals surface area (Å²) in [6, 6.07) is 32.5. The Kier molecular flexibility index (Phi) is 15.2. The predicted octanol–water partition coefficient (Wildman–Crippen LogP) is 15.2. The molecule has 0 radical (unpaired) electrons. The van der Waals surface area contributed by atoms with Crippen molar-refractivity contribution in [2.75, 3.05) is 0 Å². The van der Waals surface area contributed by atoms with E-state index in [1.165, 1.54) is 77.9 Å². The summed E-state index contributed by atoms with van der Waals surface area (Å²) < 4.78 is 4.66. The SMILES string of the molecule is CC1=C[CH-]C(C)(C)c2cc3c(cc21)-c1cc2c(cc1C3)C(C)(C)CC=C2C.Cc1cc(C(C)(C)C)c[cH-]1.Cl.Cl.Clc1ccc([CH]=[Zr]=[CH]c2ccc(Cl)cc2)cc1. The van der Waals surface area contributed by atoms with E-state index in [0.29, 0.717) is 5.41 Å². The van der Waals surface area contributed by atoms with Gasteiger partial charge in [-0.2, -0.15) is 28.8 Å². The van der Waals surface area contributed by atoms with Crippen LogP contribution in [0.2, 0.25) is 10.0 Å². The topological polar surface area (TPSA) is 0 Å². The third-order valence-corrected chi connectivity index (χ3v) is 14.1. The third kappa shape index (κ3) is 10.7. The van der Waals surface area contributed by atoms with Crippen molar-refractivity contribution in [2.24, 2.45) is 0 Å². The molecule has 8 rings (SSSR count). The fourth-order valence-electron chi connectivity index (χ4n) is 7.56. The van der Waals surface area contributed by atoms with Gasteiger partial charge in [-0.1, -0.05) is 96.1 Å². The Morgan fingerprint density at radius 3 is 1.62 bits per heavy atom. The van der Waals surface area contributed by atoms with Crippen molar-refractivity contribution >= 4 is 66.6 Å². The van der Waals surface area contributed by atoms with Crippen LogP contribution in [-0.4, -0.2) is 7.42 Å². The second-order valence-electron chi connectivity index (χ2n) is 17.5. The van der Waals surface area contributed by atoms with Crippen LogP contribution in [0.1, 0.15) is 124 Å². The average molecular weight is 902 g/mol. The van der Waals surface area contributed by atoms with Crippen molar-refractivity contribution in [2.45, 2.75) is 98.3 Å². The maximum atomic E-state index is 5.84. The van der Waals surface area contributed by atoms with Crippen LogP contribution in [-0.2, 0) is 44.9 Å². The second-order valence-corrected chi connectivity index (χ2v) is 20.6. The van der Waals surface area contributed by atoms with Gasteiger partial charge in [0, 0.05) is 0 Å². The van der Waals surface area contributed by atoms with Crippen LogP contribution in [0.5, 0.6) is 0 Å². The van der Waals surface area contributed by atoms with Crippen LogP contribution in [0.4, 0.5) is 0 Å². The van der Waals surface area contributed by atoms with Gasteiger partial charge in [0.15, 0.2) is 0 Å². The summed E-state index contributed by atoms with van der Waals surface area (Å²) in [6.07, 6.45) is 9.28. The molecule has 0 bridgehead atoms. The number of fused-ring (bicyclic) bond motifs is 5. The summed E-state index contributed by atoms with van der Waals surface area (Å²) in [5.74, 6) is 0. The summed E-state index contributed by atoms with van der Waals surface area (Å²) >= 11 is 11.0. The molecule has 0 heterocycles. The summed E-state index contributed by atoms with van der Waals surface area (Å²) in [5, 5.41) is 1.57. The number of aryl methyl sites for hydroxylation is 1. The fraction of sp³-hybridized carbons (Fsp3) is 0.294. The molecular formula is C51H56Cl4Zr-2. The zero-order valence-corrected chi connectivity index (χ0v) is 40.1. The maximum absolute atomic E-state index is 5.84. The molecule has 294 valence electrons. The van der Waals surface area contributed by atoms with Gasteiger partial charge in [0.05, 0.1) is 0 Å². The Balaban J connectivity index is 0.000000206.